The van der Waals surface area contributed by atoms with Crippen LogP contribution in [-0.4, -0.2) is 14.5 Å². The van der Waals surface area contributed by atoms with E-state index in [9.17, 15) is 0 Å². The summed E-state index contributed by atoms with van der Waals surface area (Å²) < 4.78 is 2.31. The minimum Gasteiger partial charge on any atom is -0.397 e. The summed E-state index contributed by atoms with van der Waals surface area (Å²) >= 11 is 0. The fourth-order valence-corrected chi connectivity index (χ4v) is 3.08. The zero-order valence-corrected chi connectivity index (χ0v) is 11.8. The van der Waals surface area contributed by atoms with E-state index in [4.69, 9.17) is 10.7 Å². The van der Waals surface area contributed by atoms with Crippen LogP contribution in [0.2, 0.25) is 0 Å². The Morgan fingerprint density at radius 2 is 2.11 bits per heavy atom. The van der Waals surface area contributed by atoms with Gasteiger partial charge >= 0.3 is 0 Å². The van der Waals surface area contributed by atoms with Crippen molar-refractivity contribution < 1.29 is 0 Å². The Labute approximate surface area is 114 Å². The van der Waals surface area contributed by atoms with Crippen molar-refractivity contribution in [2.45, 2.75) is 52.0 Å². The Hall–Kier alpha value is -1.58. The zero-order chi connectivity index (χ0) is 13.4. The first kappa shape index (κ1) is 12.5. The predicted molar refractivity (Wildman–Crippen MR) is 78.0 cm³/mol. The average molecular weight is 258 g/mol. The maximum Gasteiger partial charge on any atom is 0.160 e. The normalized spacial score (nSPS) is 16.8. The largest absolute Gasteiger partial charge is 0.397 e. The lowest BCUT2D eigenvalue weighted by atomic mass is 10.1. The van der Waals surface area contributed by atoms with Crippen molar-refractivity contribution in [2.75, 3.05) is 5.73 Å². The summed E-state index contributed by atoms with van der Waals surface area (Å²) in [4.78, 5) is 9.33. The van der Waals surface area contributed by atoms with Crippen LogP contribution in [0.5, 0.6) is 0 Å². The number of nitrogens with zero attached hydrogens (tertiary/aromatic N) is 3. The monoisotopic (exact) mass is 258 g/mol. The highest BCUT2D eigenvalue weighted by Gasteiger charge is 2.24. The number of hydrogen-bond acceptors (Lipinski definition) is 3. The van der Waals surface area contributed by atoms with Crippen molar-refractivity contribution in [1.82, 2.24) is 14.5 Å². The summed E-state index contributed by atoms with van der Waals surface area (Å²) in [5.41, 5.74) is 8.46. The molecule has 2 aromatic rings. The van der Waals surface area contributed by atoms with Gasteiger partial charge in [-0.3, -0.25) is 0 Å². The fraction of sp³-hybridized carbons (Fsp3) is 0.600. The highest BCUT2D eigenvalue weighted by molar-refractivity contribution is 5.75. The number of rotatable bonds is 3. The molecule has 3 rings (SSSR count). The van der Waals surface area contributed by atoms with Gasteiger partial charge in [0.15, 0.2) is 5.65 Å². The molecule has 0 radical (unpaired) electrons. The molecular formula is C15H22N4. The quantitative estimate of drug-likeness (QED) is 0.918. The lowest BCUT2D eigenvalue weighted by Gasteiger charge is -2.14. The number of fused-ring (bicyclic) bond motifs is 1. The molecule has 2 N–H and O–H groups in total. The van der Waals surface area contributed by atoms with E-state index in [1.807, 2.05) is 6.07 Å². The molecule has 0 saturated heterocycles. The van der Waals surface area contributed by atoms with E-state index in [0.29, 0.717) is 17.5 Å². The van der Waals surface area contributed by atoms with Crippen molar-refractivity contribution >= 4 is 16.9 Å². The molecule has 2 aromatic heterocycles. The fourth-order valence-electron chi connectivity index (χ4n) is 3.08. The van der Waals surface area contributed by atoms with E-state index in [0.717, 1.165) is 17.7 Å². The van der Waals surface area contributed by atoms with E-state index in [1.54, 1.807) is 6.20 Å². The third kappa shape index (κ3) is 2.31. The topological polar surface area (TPSA) is 56.7 Å². The lowest BCUT2D eigenvalue weighted by Crippen LogP contribution is -2.11. The Balaban J connectivity index is 2.12. The number of nitrogens with two attached hydrogens (primary N) is 1. The number of imidazole rings is 1. The van der Waals surface area contributed by atoms with Crippen molar-refractivity contribution in [2.24, 2.45) is 5.92 Å². The number of aromatic nitrogens is 3. The van der Waals surface area contributed by atoms with Crippen LogP contribution < -0.4 is 5.73 Å². The summed E-state index contributed by atoms with van der Waals surface area (Å²) in [6.45, 7) is 5.46. The van der Waals surface area contributed by atoms with E-state index >= 15 is 0 Å². The Morgan fingerprint density at radius 3 is 2.79 bits per heavy atom. The highest BCUT2D eigenvalue weighted by Crippen LogP contribution is 2.35. The van der Waals surface area contributed by atoms with E-state index in [1.165, 1.54) is 31.5 Å². The van der Waals surface area contributed by atoms with Gasteiger partial charge in [-0.25, -0.2) is 9.97 Å². The Morgan fingerprint density at radius 1 is 1.37 bits per heavy atom. The van der Waals surface area contributed by atoms with Gasteiger partial charge in [-0.1, -0.05) is 26.7 Å². The first-order valence-corrected chi connectivity index (χ1v) is 7.27. The number of pyridine rings is 1. The van der Waals surface area contributed by atoms with Gasteiger partial charge in [-0.15, -0.1) is 0 Å². The molecule has 1 fully saturated rings. The molecule has 2 heterocycles. The van der Waals surface area contributed by atoms with Crippen molar-refractivity contribution in [1.29, 1.82) is 0 Å². The molecule has 19 heavy (non-hydrogen) atoms. The first-order chi connectivity index (χ1) is 9.15. The van der Waals surface area contributed by atoms with Crippen LogP contribution in [0.15, 0.2) is 12.3 Å². The summed E-state index contributed by atoms with van der Waals surface area (Å²) in [6, 6.07) is 1.94. The molecule has 4 nitrogen and oxygen atoms in total. The van der Waals surface area contributed by atoms with Gasteiger partial charge in [0.1, 0.15) is 11.3 Å². The van der Waals surface area contributed by atoms with Gasteiger partial charge in [-0.2, -0.15) is 0 Å². The smallest absolute Gasteiger partial charge is 0.160 e. The van der Waals surface area contributed by atoms with Crippen LogP contribution in [0.4, 0.5) is 5.69 Å². The summed E-state index contributed by atoms with van der Waals surface area (Å²) in [5.74, 6) is 2.42. The van der Waals surface area contributed by atoms with Crippen LogP contribution in [-0.2, 0) is 6.54 Å². The van der Waals surface area contributed by atoms with Gasteiger partial charge in [0.2, 0.25) is 0 Å². The molecular weight excluding hydrogens is 236 g/mol. The Kier molecular flexibility index (Phi) is 3.17. The molecule has 0 atom stereocenters. The van der Waals surface area contributed by atoms with Gasteiger partial charge < -0.3 is 10.3 Å². The van der Waals surface area contributed by atoms with Crippen LogP contribution in [0.25, 0.3) is 11.2 Å². The summed E-state index contributed by atoms with van der Waals surface area (Å²) in [6.07, 6.45) is 6.91. The van der Waals surface area contributed by atoms with E-state index in [-0.39, 0.29) is 0 Å². The van der Waals surface area contributed by atoms with Crippen molar-refractivity contribution in [3.63, 3.8) is 0 Å². The highest BCUT2D eigenvalue weighted by atomic mass is 15.1. The molecule has 0 amide bonds. The van der Waals surface area contributed by atoms with Gasteiger partial charge in [0.25, 0.3) is 0 Å². The standard InChI is InChI=1S/C15H22N4/c1-10(2)9-19-14(11-5-3-4-6-11)18-13-7-12(16)8-17-15(13)19/h7-8,10-11H,3-6,9,16H2,1-2H3. The first-order valence-electron chi connectivity index (χ1n) is 7.27. The SMILES string of the molecule is CC(C)Cn1c(C2CCCC2)nc2cc(N)cnc21. The molecule has 102 valence electrons. The van der Waals surface area contributed by atoms with E-state index < -0.39 is 0 Å². The molecule has 0 spiro atoms. The molecule has 4 heteroatoms. The molecule has 1 aliphatic rings. The van der Waals surface area contributed by atoms with E-state index in [2.05, 4.69) is 23.4 Å². The van der Waals surface area contributed by atoms with Gasteiger partial charge in [0, 0.05) is 12.5 Å². The van der Waals surface area contributed by atoms with Crippen molar-refractivity contribution in [3.05, 3.63) is 18.1 Å². The molecule has 0 aromatic carbocycles. The average Bonchev–Trinajstić information content (AvgIpc) is 2.96. The molecule has 0 unspecified atom stereocenters. The van der Waals surface area contributed by atoms with Crippen LogP contribution in [0.1, 0.15) is 51.3 Å². The van der Waals surface area contributed by atoms with Crippen LogP contribution >= 0.6 is 0 Å². The number of hydrogen-bond donors (Lipinski definition) is 1. The maximum atomic E-state index is 5.83. The number of nitrogen functional groups attached to an aromatic ring is 1. The third-order valence-electron chi connectivity index (χ3n) is 3.90. The molecule has 0 aliphatic heterocycles. The summed E-state index contributed by atoms with van der Waals surface area (Å²) in [7, 11) is 0. The van der Waals surface area contributed by atoms with Crippen LogP contribution in [0.3, 0.4) is 0 Å². The Bertz CT molecular complexity index is 579. The van der Waals surface area contributed by atoms with Gasteiger partial charge in [-0.05, 0) is 24.8 Å². The second-order valence-corrected chi connectivity index (χ2v) is 6.07. The minimum atomic E-state index is 0.594. The lowest BCUT2D eigenvalue weighted by molar-refractivity contribution is 0.495. The predicted octanol–water partition coefficient (Wildman–Crippen LogP) is 3.33. The zero-order valence-electron chi connectivity index (χ0n) is 11.8. The molecule has 1 saturated carbocycles. The minimum absolute atomic E-state index is 0.594. The number of anilines is 1. The molecule has 1 aliphatic carbocycles. The summed E-state index contributed by atoms with van der Waals surface area (Å²) in [5, 5.41) is 0. The second kappa shape index (κ2) is 4.83. The van der Waals surface area contributed by atoms with Gasteiger partial charge in [0.05, 0.1) is 11.9 Å². The molecule has 0 bridgehead atoms. The maximum absolute atomic E-state index is 5.83. The third-order valence-corrected chi connectivity index (χ3v) is 3.90. The van der Waals surface area contributed by atoms with Crippen molar-refractivity contribution in [3.8, 4) is 0 Å². The second-order valence-electron chi connectivity index (χ2n) is 6.07. The van der Waals surface area contributed by atoms with Crippen LogP contribution in [0, 0.1) is 5.92 Å².